The summed E-state index contributed by atoms with van der Waals surface area (Å²) in [6, 6.07) is 5.61. The molecule has 0 spiro atoms. The van der Waals surface area contributed by atoms with Crippen LogP contribution >= 0.6 is 0 Å². The van der Waals surface area contributed by atoms with Gasteiger partial charge in [0.2, 0.25) is 0 Å². The Balaban J connectivity index is 0.000000208. The number of nitrogens with two attached hydrogens (primary N) is 1. The molecular formula is C20H31NO5S. The van der Waals surface area contributed by atoms with E-state index < -0.39 is 10.1 Å². The lowest BCUT2D eigenvalue weighted by atomic mass is 9.84. The van der Waals surface area contributed by atoms with Crippen molar-refractivity contribution in [3.8, 4) is 0 Å². The van der Waals surface area contributed by atoms with Crippen LogP contribution in [0.3, 0.4) is 0 Å². The third kappa shape index (κ3) is 7.24. The van der Waals surface area contributed by atoms with Crippen molar-refractivity contribution < 1.29 is 22.5 Å². The molecule has 0 bridgehead atoms. The summed E-state index contributed by atoms with van der Waals surface area (Å²) in [6.07, 6.45) is 10.5. The van der Waals surface area contributed by atoms with Crippen LogP contribution in [0.2, 0.25) is 0 Å². The van der Waals surface area contributed by atoms with Gasteiger partial charge in [0.05, 0.1) is 4.90 Å². The summed E-state index contributed by atoms with van der Waals surface area (Å²) in [7, 11) is -4.02. The third-order valence-electron chi connectivity index (χ3n) is 5.33. The topological polar surface area (TPSA) is 107 Å². The second-order valence-electron chi connectivity index (χ2n) is 7.56. The summed E-state index contributed by atoms with van der Waals surface area (Å²) in [4.78, 5) is 11.8. The van der Waals surface area contributed by atoms with Gasteiger partial charge >= 0.3 is 5.97 Å². The summed E-state index contributed by atoms with van der Waals surface area (Å²) in [5.41, 5.74) is 6.95. The molecule has 2 fully saturated rings. The molecule has 1 aromatic rings. The Labute approximate surface area is 162 Å². The van der Waals surface area contributed by atoms with E-state index in [1.807, 2.05) is 6.92 Å². The van der Waals surface area contributed by atoms with Gasteiger partial charge < -0.3 is 10.5 Å². The maximum Gasteiger partial charge on any atom is 0.323 e. The zero-order valence-electron chi connectivity index (χ0n) is 16.0. The van der Waals surface area contributed by atoms with Crippen LogP contribution in [0.15, 0.2) is 29.2 Å². The SMILES string of the molecule is Cc1ccc(S(=O)(=O)O)cc1.N[C@H](C(=O)OC1CCCC1)C1CCCCC1. The van der Waals surface area contributed by atoms with Crippen LogP contribution in [0.1, 0.15) is 63.4 Å². The molecule has 1 aromatic carbocycles. The normalized spacial score (nSPS) is 19.8. The zero-order chi connectivity index (χ0) is 19.9. The molecule has 2 aliphatic carbocycles. The molecule has 7 heteroatoms. The molecule has 6 nitrogen and oxygen atoms in total. The van der Waals surface area contributed by atoms with Crippen molar-refractivity contribution in [3.63, 3.8) is 0 Å². The van der Waals surface area contributed by atoms with Crippen LogP contribution in [0.5, 0.6) is 0 Å². The Hall–Kier alpha value is -1.44. The van der Waals surface area contributed by atoms with Crippen molar-refractivity contribution in [2.24, 2.45) is 11.7 Å². The lowest BCUT2D eigenvalue weighted by Gasteiger charge is -2.26. The van der Waals surface area contributed by atoms with E-state index in [0.29, 0.717) is 5.92 Å². The molecule has 1 atom stereocenters. The molecule has 0 radical (unpaired) electrons. The summed E-state index contributed by atoms with van der Waals surface area (Å²) >= 11 is 0. The lowest BCUT2D eigenvalue weighted by molar-refractivity contribution is -0.152. The highest BCUT2D eigenvalue weighted by Gasteiger charge is 2.29. The van der Waals surface area contributed by atoms with Crippen LogP contribution in [-0.4, -0.2) is 31.1 Å². The largest absolute Gasteiger partial charge is 0.461 e. The number of hydrogen-bond donors (Lipinski definition) is 2. The first-order valence-electron chi connectivity index (χ1n) is 9.77. The minimum absolute atomic E-state index is 0.0666. The van der Waals surface area contributed by atoms with Crippen molar-refractivity contribution in [2.45, 2.75) is 81.8 Å². The van der Waals surface area contributed by atoms with Crippen molar-refractivity contribution in [1.29, 1.82) is 0 Å². The van der Waals surface area contributed by atoms with Gasteiger partial charge in [-0.05, 0) is 63.5 Å². The molecule has 2 saturated carbocycles. The van der Waals surface area contributed by atoms with Crippen LogP contribution < -0.4 is 5.73 Å². The van der Waals surface area contributed by atoms with Crippen LogP contribution in [0.25, 0.3) is 0 Å². The Morgan fingerprint density at radius 2 is 1.56 bits per heavy atom. The van der Waals surface area contributed by atoms with Gasteiger partial charge in [0.15, 0.2) is 0 Å². The number of carbonyl (C=O) groups is 1. The Bertz CT molecular complexity index is 690. The molecule has 0 aliphatic heterocycles. The van der Waals surface area contributed by atoms with E-state index in [0.717, 1.165) is 31.2 Å². The molecule has 27 heavy (non-hydrogen) atoms. The first-order valence-corrected chi connectivity index (χ1v) is 11.2. The highest BCUT2D eigenvalue weighted by molar-refractivity contribution is 7.85. The van der Waals surface area contributed by atoms with Gasteiger partial charge in [-0.2, -0.15) is 8.42 Å². The van der Waals surface area contributed by atoms with Gasteiger partial charge in [-0.25, -0.2) is 0 Å². The van der Waals surface area contributed by atoms with E-state index in [-0.39, 0.29) is 23.0 Å². The lowest BCUT2D eigenvalue weighted by Crippen LogP contribution is -2.41. The maximum atomic E-state index is 11.9. The quantitative estimate of drug-likeness (QED) is 0.593. The molecule has 0 aromatic heterocycles. The summed E-state index contributed by atoms with van der Waals surface area (Å²) in [6.45, 7) is 1.84. The molecule has 3 rings (SSSR count). The van der Waals surface area contributed by atoms with Gasteiger partial charge in [-0.1, -0.05) is 37.0 Å². The molecule has 3 N–H and O–H groups in total. The van der Waals surface area contributed by atoms with E-state index >= 15 is 0 Å². The fourth-order valence-electron chi connectivity index (χ4n) is 3.65. The molecule has 0 heterocycles. The number of ether oxygens (including phenoxy) is 1. The Morgan fingerprint density at radius 1 is 1.04 bits per heavy atom. The predicted molar refractivity (Wildman–Crippen MR) is 104 cm³/mol. The highest BCUT2D eigenvalue weighted by atomic mass is 32.2. The van der Waals surface area contributed by atoms with Gasteiger partial charge in [-0.15, -0.1) is 0 Å². The Morgan fingerprint density at radius 3 is 2.07 bits per heavy atom. The van der Waals surface area contributed by atoms with Crippen LogP contribution in [0, 0.1) is 12.8 Å². The first-order chi connectivity index (χ1) is 12.8. The second kappa shape index (κ2) is 10.2. The number of esters is 1. The minimum Gasteiger partial charge on any atom is -0.461 e. The van der Waals surface area contributed by atoms with Crippen molar-refractivity contribution in [1.82, 2.24) is 0 Å². The first kappa shape index (κ1) is 21.9. The molecule has 0 amide bonds. The number of aryl methyl sites for hydroxylation is 1. The number of benzene rings is 1. The predicted octanol–water partition coefficient (Wildman–Crippen LogP) is 3.62. The zero-order valence-corrected chi connectivity index (χ0v) is 16.8. The van der Waals surface area contributed by atoms with Crippen molar-refractivity contribution in [3.05, 3.63) is 29.8 Å². The van der Waals surface area contributed by atoms with Crippen molar-refractivity contribution in [2.75, 3.05) is 0 Å². The smallest absolute Gasteiger partial charge is 0.323 e. The summed E-state index contributed by atoms with van der Waals surface area (Å²) in [5, 5.41) is 0. The van der Waals surface area contributed by atoms with Crippen LogP contribution in [-0.2, 0) is 19.6 Å². The highest BCUT2D eigenvalue weighted by Crippen LogP contribution is 2.27. The molecule has 2 aliphatic rings. The van der Waals surface area contributed by atoms with Gasteiger partial charge in [-0.3, -0.25) is 9.35 Å². The number of rotatable bonds is 4. The van der Waals surface area contributed by atoms with Crippen LogP contribution in [0.4, 0.5) is 0 Å². The maximum absolute atomic E-state index is 11.9. The monoisotopic (exact) mass is 397 g/mol. The average molecular weight is 398 g/mol. The van der Waals surface area contributed by atoms with Gasteiger partial charge in [0, 0.05) is 0 Å². The number of hydrogen-bond acceptors (Lipinski definition) is 5. The van der Waals surface area contributed by atoms with E-state index in [9.17, 15) is 13.2 Å². The molecular weight excluding hydrogens is 366 g/mol. The molecule has 0 unspecified atom stereocenters. The summed E-state index contributed by atoms with van der Waals surface area (Å²) < 4.78 is 35.0. The fraction of sp³-hybridized carbons (Fsp3) is 0.650. The van der Waals surface area contributed by atoms with E-state index in [2.05, 4.69) is 0 Å². The Kier molecular flexibility index (Phi) is 8.26. The van der Waals surface area contributed by atoms with Crippen molar-refractivity contribution >= 4 is 16.1 Å². The van der Waals surface area contributed by atoms with Gasteiger partial charge in [0.25, 0.3) is 10.1 Å². The van der Waals surface area contributed by atoms with Gasteiger partial charge in [0.1, 0.15) is 12.1 Å². The van der Waals surface area contributed by atoms with E-state index in [1.54, 1.807) is 12.1 Å². The molecule has 0 saturated heterocycles. The van der Waals surface area contributed by atoms with E-state index in [1.165, 1.54) is 44.2 Å². The standard InChI is InChI=1S/C13H23NO2.C7H8O3S/c14-12(10-6-2-1-3-7-10)13(15)16-11-8-4-5-9-11;1-6-2-4-7(5-3-6)11(8,9)10/h10-12H,1-9,14H2;2-5H,1H3,(H,8,9,10)/t12-;/m0./s1. The third-order valence-corrected chi connectivity index (χ3v) is 6.20. The fourth-order valence-corrected chi connectivity index (χ4v) is 4.13. The average Bonchev–Trinajstić information content (AvgIpc) is 3.15. The second-order valence-corrected chi connectivity index (χ2v) is 8.98. The molecule has 152 valence electrons. The minimum atomic E-state index is -4.02. The van der Waals surface area contributed by atoms with E-state index in [4.69, 9.17) is 15.0 Å². The number of carbonyl (C=O) groups excluding carboxylic acids is 1. The summed E-state index contributed by atoms with van der Waals surface area (Å²) in [5.74, 6) is 0.210.